The molecule has 316 valence electrons. The van der Waals surface area contributed by atoms with Crippen LogP contribution in [0.3, 0.4) is 0 Å². The SMILES string of the molecule is CC#Cc1cn([C@@H]2O[C@H](COC(c3ccccc3)(c3ccc(OC)cc3)c3ccc(OC)cc3)[C@@H](OP(OCCC#N)N(C(C)C)C(C)C)[C@H]2OCCC#N)c(=S)[nH]c1=O. The zero-order valence-electron chi connectivity index (χ0n) is 35.0. The fraction of sp³-hybridized carbons (Fsp3) is 0.422. The first-order valence-corrected chi connectivity index (χ1v) is 21.2. The van der Waals surface area contributed by atoms with Gasteiger partial charge in [0.2, 0.25) is 0 Å². The van der Waals surface area contributed by atoms with Crippen molar-refractivity contribution in [3.63, 3.8) is 0 Å². The number of nitrogens with zero attached hydrogens (tertiary/aromatic N) is 4. The minimum atomic E-state index is -1.83. The average Bonchev–Trinajstić information content (AvgIpc) is 3.58. The van der Waals surface area contributed by atoms with Gasteiger partial charge >= 0.3 is 0 Å². The highest BCUT2D eigenvalue weighted by molar-refractivity contribution is 7.71. The molecular formula is C45H52N5O8PS. The maximum Gasteiger partial charge on any atom is 0.267 e. The standard InChI is InChI=1S/C45H52N5O8PS/c1-8-14-33-29-49(44(60)48-42(33)51)43-41(54-27-12-25-46)40(58-59(56-28-13-26-47)50(31(2)3)32(4)5)39(57-43)30-55-45(34-15-10-9-11-16-34,35-17-21-37(52-6)22-18-35)36-19-23-38(53-7)24-20-36/h9-11,15-24,29,31-32,39-41,43H,12-13,27-28,30H2,1-7H3,(H,48,51,60)/t39-,40-,41-,43-,59?/m1/s1. The number of rotatable bonds is 20. The monoisotopic (exact) mass is 853 g/mol. The highest BCUT2D eigenvalue weighted by atomic mass is 32.1. The zero-order valence-corrected chi connectivity index (χ0v) is 36.7. The summed E-state index contributed by atoms with van der Waals surface area (Å²) in [5.74, 6) is 6.99. The average molecular weight is 854 g/mol. The molecule has 5 atom stereocenters. The maximum atomic E-state index is 12.9. The summed E-state index contributed by atoms with van der Waals surface area (Å²) in [5.41, 5.74) is 0.991. The van der Waals surface area contributed by atoms with E-state index < -0.39 is 44.2 Å². The van der Waals surface area contributed by atoms with E-state index in [1.54, 1.807) is 31.9 Å². The van der Waals surface area contributed by atoms with Crippen molar-refractivity contribution in [1.82, 2.24) is 14.2 Å². The van der Waals surface area contributed by atoms with Gasteiger partial charge in [0, 0.05) is 18.3 Å². The third-order valence-electron chi connectivity index (χ3n) is 9.82. The molecule has 1 aromatic heterocycles. The lowest BCUT2D eigenvalue weighted by atomic mass is 9.80. The second-order valence-electron chi connectivity index (χ2n) is 14.3. The van der Waals surface area contributed by atoms with Gasteiger partial charge in [-0.2, -0.15) is 10.5 Å². The Morgan fingerprint density at radius 1 is 0.867 bits per heavy atom. The summed E-state index contributed by atoms with van der Waals surface area (Å²) in [6, 6.07) is 29.6. The van der Waals surface area contributed by atoms with E-state index >= 15 is 0 Å². The first-order valence-electron chi connectivity index (χ1n) is 19.7. The van der Waals surface area contributed by atoms with Gasteiger partial charge < -0.3 is 32.7 Å². The highest BCUT2D eigenvalue weighted by Gasteiger charge is 2.51. The van der Waals surface area contributed by atoms with Gasteiger partial charge in [-0.05, 0) is 87.8 Å². The second kappa shape index (κ2) is 22.1. The lowest BCUT2D eigenvalue weighted by Crippen LogP contribution is -2.43. The number of aromatic nitrogens is 2. The molecule has 1 saturated heterocycles. The van der Waals surface area contributed by atoms with E-state index in [0.29, 0.717) is 11.5 Å². The Hall–Kier alpha value is -4.91. The topological polar surface area (TPSA) is 153 Å². The molecule has 1 aliphatic heterocycles. The van der Waals surface area contributed by atoms with Crippen molar-refractivity contribution in [2.75, 3.05) is 34.0 Å². The fourth-order valence-corrected chi connectivity index (χ4v) is 9.21. The summed E-state index contributed by atoms with van der Waals surface area (Å²) in [6.07, 6.45) is -1.83. The van der Waals surface area contributed by atoms with Crippen LogP contribution in [0.25, 0.3) is 0 Å². The van der Waals surface area contributed by atoms with Crippen molar-refractivity contribution >= 4 is 20.7 Å². The number of ether oxygens (including phenoxy) is 5. The Labute approximate surface area is 358 Å². The van der Waals surface area contributed by atoms with Crippen molar-refractivity contribution in [2.24, 2.45) is 0 Å². The predicted octanol–water partition coefficient (Wildman–Crippen LogP) is 8.16. The largest absolute Gasteiger partial charge is 0.497 e. The van der Waals surface area contributed by atoms with Crippen molar-refractivity contribution < 1.29 is 32.7 Å². The third kappa shape index (κ3) is 10.7. The summed E-state index contributed by atoms with van der Waals surface area (Å²) in [6.45, 7) is 9.96. The van der Waals surface area contributed by atoms with Crippen LogP contribution < -0.4 is 15.0 Å². The molecule has 1 aliphatic rings. The predicted molar refractivity (Wildman–Crippen MR) is 231 cm³/mol. The van der Waals surface area contributed by atoms with Gasteiger partial charge in [0.25, 0.3) is 14.1 Å². The number of benzene rings is 3. The zero-order chi connectivity index (χ0) is 43.2. The van der Waals surface area contributed by atoms with Crippen molar-refractivity contribution in [3.8, 4) is 35.5 Å². The molecule has 5 rings (SSSR count). The van der Waals surface area contributed by atoms with Crippen LogP contribution >= 0.6 is 20.7 Å². The molecule has 1 fully saturated rings. The number of methoxy groups -OCH3 is 2. The van der Waals surface area contributed by atoms with Crippen LogP contribution in [-0.2, 0) is 28.9 Å². The Bertz CT molecular complexity index is 2210. The van der Waals surface area contributed by atoms with E-state index in [9.17, 15) is 15.3 Å². The molecule has 0 radical (unpaired) electrons. The van der Waals surface area contributed by atoms with Gasteiger partial charge in [-0.1, -0.05) is 60.5 Å². The van der Waals surface area contributed by atoms with Crippen LogP contribution in [0.2, 0.25) is 0 Å². The molecule has 3 aromatic carbocycles. The first-order chi connectivity index (χ1) is 29.0. The first kappa shape index (κ1) is 46.2. The Balaban J connectivity index is 1.71. The second-order valence-corrected chi connectivity index (χ2v) is 16.1. The van der Waals surface area contributed by atoms with Gasteiger partial charge in [0.15, 0.2) is 11.0 Å². The van der Waals surface area contributed by atoms with Gasteiger partial charge in [0.1, 0.15) is 41.0 Å². The number of aromatic amines is 1. The molecule has 0 aliphatic carbocycles. The molecule has 2 heterocycles. The molecule has 0 spiro atoms. The Morgan fingerprint density at radius 2 is 1.43 bits per heavy atom. The number of H-pyrrole nitrogens is 1. The summed E-state index contributed by atoms with van der Waals surface area (Å²) < 4.78 is 49.3. The minimum Gasteiger partial charge on any atom is -0.497 e. The van der Waals surface area contributed by atoms with Crippen LogP contribution in [0.1, 0.15) is 75.9 Å². The van der Waals surface area contributed by atoms with Gasteiger partial charge in [-0.15, -0.1) is 5.92 Å². The van der Waals surface area contributed by atoms with Crippen molar-refractivity contribution in [1.29, 1.82) is 10.5 Å². The summed E-state index contributed by atoms with van der Waals surface area (Å²) in [4.78, 5) is 15.7. The summed E-state index contributed by atoms with van der Waals surface area (Å²) in [7, 11) is 1.40. The van der Waals surface area contributed by atoms with E-state index in [2.05, 4.69) is 61.3 Å². The Kier molecular flexibility index (Phi) is 17.0. The minimum absolute atomic E-state index is 0.0113. The maximum absolute atomic E-state index is 12.9. The van der Waals surface area contributed by atoms with Crippen molar-refractivity contribution in [2.45, 2.75) is 89.7 Å². The smallest absolute Gasteiger partial charge is 0.267 e. The number of nitriles is 2. The quantitative estimate of drug-likeness (QED) is 0.0300. The highest BCUT2D eigenvalue weighted by Crippen LogP contribution is 2.51. The van der Waals surface area contributed by atoms with Crippen LogP contribution in [0.5, 0.6) is 11.5 Å². The molecule has 1 unspecified atom stereocenters. The molecule has 0 saturated carbocycles. The third-order valence-corrected chi connectivity index (χ3v) is 12.3. The summed E-state index contributed by atoms with van der Waals surface area (Å²) >= 11 is 5.73. The molecule has 0 amide bonds. The summed E-state index contributed by atoms with van der Waals surface area (Å²) in [5, 5.41) is 19.0. The molecule has 15 heteroatoms. The lowest BCUT2D eigenvalue weighted by molar-refractivity contribution is -0.0969. The number of nitrogens with one attached hydrogen (secondary N) is 1. The molecule has 1 N–H and O–H groups in total. The van der Waals surface area contributed by atoms with Gasteiger partial charge in [-0.25, -0.2) is 4.67 Å². The normalized spacial score (nSPS) is 18.1. The molecule has 13 nitrogen and oxygen atoms in total. The van der Waals surface area contributed by atoms with Crippen LogP contribution in [-0.4, -0.2) is 78.7 Å². The fourth-order valence-electron chi connectivity index (χ4n) is 7.19. The van der Waals surface area contributed by atoms with E-state index in [4.69, 9.17) is 44.9 Å². The van der Waals surface area contributed by atoms with Gasteiger partial charge in [0.05, 0.1) is 59.0 Å². The Morgan fingerprint density at radius 3 is 1.97 bits per heavy atom. The molecule has 0 bridgehead atoms. The van der Waals surface area contributed by atoms with E-state index in [0.717, 1.165) is 16.7 Å². The van der Waals surface area contributed by atoms with Crippen LogP contribution in [0.15, 0.2) is 89.9 Å². The van der Waals surface area contributed by atoms with E-state index in [-0.39, 0.29) is 55.1 Å². The number of hydrogen-bond donors (Lipinski definition) is 1. The molecular weight excluding hydrogens is 802 g/mol. The van der Waals surface area contributed by atoms with Crippen LogP contribution in [0.4, 0.5) is 0 Å². The van der Waals surface area contributed by atoms with Gasteiger partial charge in [-0.3, -0.25) is 14.3 Å². The number of hydrogen-bond acceptors (Lipinski definition) is 12. The molecule has 60 heavy (non-hydrogen) atoms. The van der Waals surface area contributed by atoms with E-state index in [1.807, 2.05) is 78.9 Å². The molecule has 4 aromatic rings. The van der Waals surface area contributed by atoms with Crippen LogP contribution in [0, 0.1) is 39.3 Å². The van der Waals surface area contributed by atoms with Crippen molar-refractivity contribution in [3.05, 3.63) is 122 Å². The lowest BCUT2D eigenvalue weighted by Gasteiger charge is -2.39. The van der Waals surface area contributed by atoms with E-state index in [1.165, 1.54) is 0 Å².